The average molecular weight is 638 g/mol. The van der Waals surface area contributed by atoms with Crippen molar-refractivity contribution in [3.8, 4) is 0 Å². The van der Waals surface area contributed by atoms with Crippen LogP contribution in [0.25, 0.3) is 0 Å². The van der Waals surface area contributed by atoms with Gasteiger partial charge in [0.05, 0.1) is 17.9 Å². The van der Waals surface area contributed by atoms with Gasteiger partial charge in [-0.2, -0.15) is 8.42 Å². The quantitative estimate of drug-likeness (QED) is 0.0399. The van der Waals surface area contributed by atoms with Gasteiger partial charge in [-0.3, -0.25) is 9.35 Å². The first-order chi connectivity index (χ1) is 21.3. The second-order valence-electron chi connectivity index (χ2n) is 12.1. The van der Waals surface area contributed by atoms with Gasteiger partial charge in [-0.25, -0.2) is 0 Å². The highest BCUT2D eigenvalue weighted by molar-refractivity contribution is 7.85. The van der Waals surface area contributed by atoms with Crippen LogP contribution in [0.1, 0.15) is 162 Å². The van der Waals surface area contributed by atoms with Crippen molar-refractivity contribution in [1.29, 1.82) is 0 Å². The maximum atomic E-state index is 12.4. The van der Waals surface area contributed by atoms with Gasteiger partial charge < -0.3 is 10.4 Å². The molecule has 0 bridgehead atoms. The molecule has 0 aromatic heterocycles. The van der Waals surface area contributed by atoms with E-state index in [-0.39, 0.29) is 12.3 Å². The van der Waals surface area contributed by atoms with Crippen LogP contribution in [0.2, 0.25) is 0 Å². The highest BCUT2D eigenvalue weighted by Gasteiger charge is 2.24. The molecule has 0 aliphatic heterocycles. The van der Waals surface area contributed by atoms with Gasteiger partial charge in [0.1, 0.15) is 0 Å². The van der Waals surface area contributed by atoms with E-state index < -0.39 is 28.0 Å². The van der Waals surface area contributed by atoms with Crippen molar-refractivity contribution in [2.24, 2.45) is 0 Å². The minimum absolute atomic E-state index is 0.278. The molecule has 6 nitrogen and oxygen atoms in total. The SMILES string of the molecule is CCC/C=C/CC/C=C/CC/C=C/C(O)C(CS(=O)(=O)O)NC(=O)CCCCCCCCC/C=C\CCCCCCCCC. The van der Waals surface area contributed by atoms with Crippen LogP contribution in [0.5, 0.6) is 0 Å². The van der Waals surface area contributed by atoms with E-state index in [1.165, 1.54) is 76.7 Å². The summed E-state index contributed by atoms with van der Waals surface area (Å²) in [6.45, 7) is 4.42. The van der Waals surface area contributed by atoms with Crippen molar-refractivity contribution in [1.82, 2.24) is 5.32 Å². The lowest BCUT2D eigenvalue weighted by atomic mass is 10.1. The number of carbonyl (C=O) groups excluding carboxylic acids is 1. The number of hydrogen-bond donors (Lipinski definition) is 3. The van der Waals surface area contributed by atoms with Crippen LogP contribution in [0.4, 0.5) is 0 Å². The Balaban J connectivity index is 4.01. The summed E-state index contributed by atoms with van der Waals surface area (Å²) in [6, 6.07) is -1.08. The number of nitrogens with one attached hydrogen (secondary N) is 1. The fourth-order valence-electron chi connectivity index (χ4n) is 5.01. The molecule has 7 heteroatoms. The van der Waals surface area contributed by atoms with E-state index in [0.717, 1.165) is 64.2 Å². The molecule has 1 amide bonds. The van der Waals surface area contributed by atoms with Crippen molar-refractivity contribution in [3.05, 3.63) is 48.6 Å². The van der Waals surface area contributed by atoms with Crippen LogP contribution in [0.15, 0.2) is 48.6 Å². The monoisotopic (exact) mass is 637 g/mol. The third-order valence-electron chi connectivity index (χ3n) is 7.69. The Morgan fingerprint density at radius 1 is 0.591 bits per heavy atom. The molecule has 0 aromatic carbocycles. The molecule has 0 fully saturated rings. The van der Waals surface area contributed by atoms with Crippen LogP contribution in [0.3, 0.4) is 0 Å². The van der Waals surface area contributed by atoms with Gasteiger partial charge in [-0.1, -0.05) is 140 Å². The van der Waals surface area contributed by atoms with Crippen LogP contribution >= 0.6 is 0 Å². The van der Waals surface area contributed by atoms with Gasteiger partial charge >= 0.3 is 0 Å². The third kappa shape index (κ3) is 31.7. The molecule has 0 aromatic rings. The van der Waals surface area contributed by atoms with Crippen molar-refractivity contribution in [2.45, 2.75) is 174 Å². The van der Waals surface area contributed by atoms with E-state index >= 15 is 0 Å². The van der Waals surface area contributed by atoms with E-state index in [1.54, 1.807) is 6.08 Å². The lowest BCUT2D eigenvalue weighted by Gasteiger charge is -2.21. The molecule has 0 aliphatic rings. The first kappa shape index (κ1) is 42.3. The maximum Gasteiger partial charge on any atom is 0.267 e. The minimum Gasteiger partial charge on any atom is -0.387 e. The molecular formula is C37H67NO5S. The van der Waals surface area contributed by atoms with Crippen molar-refractivity contribution in [3.63, 3.8) is 0 Å². The molecule has 2 atom stereocenters. The molecule has 0 heterocycles. The standard InChI is InChI=1S/C37H67NO5S/c1-3-5-7-9-11-13-15-16-17-18-19-20-21-23-25-27-29-31-33-37(40)38-35(34-44(41,42)43)36(39)32-30-28-26-24-22-14-12-10-8-6-4-2/h8,10,17-18,22,24,30,32,35-36,39H,3-7,9,11-16,19-21,23,25-29,31,33-34H2,1-2H3,(H,38,40)(H,41,42,43)/b10-8+,18-17-,24-22+,32-30+. The zero-order valence-corrected chi connectivity index (χ0v) is 29.1. The molecule has 2 unspecified atom stereocenters. The largest absolute Gasteiger partial charge is 0.387 e. The fraction of sp³-hybridized carbons (Fsp3) is 0.757. The number of allylic oxidation sites excluding steroid dienone is 7. The van der Waals surface area contributed by atoms with Gasteiger partial charge in [0.15, 0.2) is 0 Å². The third-order valence-corrected chi connectivity index (χ3v) is 8.47. The molecule has 0 saturated carbocycles. The van der Waals surface area contributed by atoms with E-state index in [9.17, 15) is 22.9 Å². The second kappa shape index (κ2) is 31.3. The molecule has 0 saturated heterocycles. The summed E-state index contributed by atoms with van der Waals surface area (Å²) in [4.78, 5) is 12.4. The first-order valence-electron chi connectivity index (χ1n) is 17.8. The van der Waals surface area contributed by atoms with Gasteiger partial charge in [-0.15, -0.1) is 0 Å². The van der Waals surface area contributed by atoms with Gasteiger partial charge in [0, 0.05) is 6.42 Å². The molecule has 44 heavy (non-hydrogen) atoms. The van der Waals surface area contributed by atoms with Crippen molar-refractivity contribution >= 4 is 16.0 Å². The number of rotatable bonds is 31. The number of aliphatic hydroxyl groups excluding tert-OH is 1. The highest BCUT2D eigenvalue weighted by Crippen LogP contribution is 2.12. The number of carbonyl (C=O) groups is 1. The smallest absolute Gasteiger partial charge is 0.267 e. The summed E-state index contributed by atoms with van der Waals surface area (Å²) in [5.74, 6) is -1.02. The van der Waals surface area contributed by atoms with Crippen molar-refractivity contribution in [2.75, 3.05) is 5.75 Å². The Labute approximate surface area is 271 Å². The maximum absolute atomic E-state index is 12.4. The predicted molar refractivity (Wildman–Crippen MR) is 188 cm³/mol. The predicted octanol–water partition coefficient (Wildman–Crippen LogP) is 9.96. The summed E-state index contributed by atoms with van der Waals surface area (Å²) in [5.41, 5.74) is 0. The van der Waals surface area contributed by atoms with Crippen molar-refractivity contribution < 1.29 is 22.9 Å². The summed E-state index contributed by atoms with van der Waals surface area (Å²) in [6.07, 6.45) is 41.0. The Morgan fingerprint density at radius 2 is 1.02 bits per heavy atom. The van der Waals surface area contributed by atoms with Gasteiger partial charge in [0.2, 0.25) is 5.91 Å². The summed E-state index contributed by atoms with van der Waals surface area (Å²) < 4.78 is 32.3. The van der Waals surface area contributed by atoms with Crippen LogP contribution in [-0.2, 0) is 14.9 Å². The summed E-state index contributed by atoms with van der Waals surface area (Å²) in [7, 11) is -4.35. The van der Waals surface area contributed by atoms with E-state index in [0.29, 0.717) is 6.42 Å². The zero-order chi connectivity index (χ0) is 32.6. The average Bonchev–Trinajstić information content (AvgIpc) is 2.98. The van der Waals surface area contributed by atoms with Crippen LogP contribution < -0.4 is 5.32 Å². The lowest BCUT2D eigenvalue weighted by Crippen LogP contribution is -2.46. The first-order valence-corrected chi connectivity index (χ1v) is 19.4. The topological polar surface area (TPSA) is 104 Å². The molecule has 0 spiro atoms. The zero-order valence-electron chi connectivity index (χ0n) is 28.3. The van der Waals surface area contributed by atoms with Crippen LogP contribution in [0, 0.1) is 0 Å². The molecule has 0 rings (SSSR count). The fourth-order valence-corrected chi connectivity index (χ4v) is 5.75. The van der Waals surface area contributed by atoms with E-state index in [4.69, 9.17) is 0 Å². The van der Waals surface area contributed by atoms with E-state index in [1.807, 2.05) is 0 Å². The molecule has 3 N–H and O–H groups in total. The van der Waals surface area contributed by atoms with Gasteiger partial charge in [0.25, 0.3) is 10.1 Å². The molecule has 0 aliphatic carbocycles. The Bertz CT molecular complexity index is 878. The Kier molecular flexibility index (Phi) is 30.1. The second-order valence-corrected chi connectivity index (χ2v) is 13.6. The Hall–Kier alpha value is -1.70. The highest BCUT2D eigenvalue weighted by atomic mass is 32.2. The molecule has 256 valence electrons. The number of unbranched alkanes of at least 4 members (excludes halogenated alkanes) is 17. The lowest BCUT2D eigenvalue weighted by molar-refractivity contribution is -0.122. The molecular weight excluding hydrogens is 570 g/mol. The van der Waals surface area contributed by atoms with Crippen LogP contribution in [-0.4, -0.2) is 41.9 Å². The number of hydrogen-bond acceptors (Lipinski definition) is 4. The number of aliphatic hydroxyl groups is 1. The summed E-state index contributed by atoms with van der Waals surface area (Å²) >= 11 is 0. The van der Waals surface area contributed by atoms with Gasteiger partial charge in [-0.05, 0) is 64.2 Å². The minimum atomic E-state index is -4.35. The Morgan fingerprint density at radius 3 is 1.52 bits per heavy atom. The molecule has 0 radical (unpaired) electrons. The van der Waals surface area contributed by atoms with E-state index in [2.05, 4.69) is 55.6 Å². The number of amides is 1. The summed E-state index contributed by atoms with van der Waals surface area (Å²) in [5, 5.41) is 13.1. The normalized spacial score (nSPS) is 14.0.